The Kier molecular flexibility index (Phi) is 4.02. The Bertz CT molecular complexity index is 470. The van der Waals surface area contributed by atoms with Crippen molar-refractivity contribution in [2.45, 2.75) is 39.9 Å². The molecule has 1 unspecified atom stereocenters. The zero-order chi connectivity index (χ0) is 12.3. The summed E-state index contributed by atoms with van der Waals surface area (Å²) < 4.78 is 2.28. The molecule has 0 fully saturated rings. The molecule has 0 aliphatic rings. The van der Waals surface area contributed by atoms with E-state index in [9.17, 15) is 0 Å². The smallest absolute Gasteiger partial charge is 0.0389 e. The van der Waals surface area contributed by atoms with Crippen LogP contribution < -0.4 is 5.32 Å². The highest BCUT2D eigenvalue weighted by Crippen LogP contribution is 2.22. The Morgan fingerprint density at radius 2 is 2.18 bits per heavy atom. The summed E-state index contributed by atoms with van der Waals surface area (Å²) in [5, 5.41) is 3.58. The van der Waals surface area contributed by atoms with Gasteiger partial charge >= 0.3 is 0 Å². The van der Waals surface area contributed by atoms with Crippen LogP contribution in [0.4, 0.5) is 0 Å². The van der Waals surface area contributed by atoms with Gasteiger partial charge in [0.2, 0.25) is 0 Å². The first-order valence-electron chi connectivity index (χ1n) is 6.14. The van der Waals surface area contributed by atoms with E-state index < -0.39 is 0 Å². The van der Waals surface area contributed by atoms with E-state index in [1.807, 2.05) is 11.3 Å². The molecule has 0 radical (unpaired) electrons. The maximum Gasteiger partial charge on any atom is 0.0389 e. The van der Waals surface area contributed by atoms with E-state index in [1.54, 1.807) is 0 Å². The number of rotatable bonds is 5. The maximum atomic E-state index is 3.58. The number of thiophene rings is 1. The lowest BCUT2D eigenvalue weighted by Gasteiger charge is -2.13. The molecule has 2 nitrogen and oxygen atoms in total. The van der Waals surface area contributed by atoms with Crippen molar-refractivity contribution in [2.75, 3.05) is 0 Å². The highest BCUT2D eigenvalue weighted by molar-refractivity contribution is 7.12. The van der Waals surface area contributed by atoms with Gasteiger partial charge in [0.05, 0.1) is 0 Å². The second kappa shape index (κ2) is 5.52. The molecule has 2 aromatic heterocycles. The molecule has 17 heavy (non-hydrogen) atoms. The summed E-state index contributed by atoms with van der Waals surface area (Å²) in [6.07, 6.45) is 2.14. The predicted octanol–water partition coefficient (Wildman–Crippen LogP) is 3.73. The largest absolute Gasteiger partial charge is 0.351 e. The average Bonchev–Trinajstić information content (AvgIpc) is 2.94. The first-order chi connectivity index (χ1) is 8.20. The van der Waals surface area contributed by atoms with Crippen molar-refractivity contribution < 1.29 is 0 Å². The van der Waals surface area contributed by atoms with Crippen LogP contribution in [0.2, 0.25) is 0 Å². The van der Waals surface area contributed by atoms with Gasteiger partial charge < -0.3 is 9.88 Å². The lowest BCUT2D eigenvalue weighted by Crippen LogP contribution is -2.19. The molecule has 0 saturated carbocycles. The van der Waals surface area contributed by atoms with Gasteiger partial charge in [-0.3, -0.25) is 0 Å². The SMILES string of the molecule is CCn1cccc1CNC(C)c1ccc(C)s1. The fourth-order valence-electron chi connectivity index (χ4n) is 1.96. The van der Waals surface area contributed by atoms with Crippen LogP contribution in [0.5, 0.6) is 0 Å². The van der Waals surface area contributed by atoms with Gasteiger partial charge in [0.1, 0.15) is 0 Å². The highest BCUT2D eigenvalue weighted by Gasteiger charge is 2.07. The molecular formula is C14H20N2S. The maximum absolute atomic E-state index is 3.58. The Morgan fingerprint density at radius 1 is 1.35 bits per heavy atom. The van der Waals surface area contributed by atoms with Crippen LogP contribution in [0.1, 0.15) is 35.3 Å². The van der Waals surface area contributed by atoms with Gasteiger partial charge in [-0.05, 0) is 45.0 Å². The van der Waals surface area contributed by atoms with Crippen molar-refractivity contribution in [1.29, 1.82) is 0 Å². The van der Waals surface area contributed by atoms with Crippen LogP contribution in [0.3, 0.4) is 0 Å². The van der Waals surface area contributed by atoms with E-state index in [1.165, 1.54) is 15.4 Å². The van der Waals surface area contributed by atoms with Gasteiger partial charge in [0.25, 0.3) is 0 Å². The minimum Gasteiger partial charge on any atom is -0.351 e. The third kappa shape index (κ3) is 2.99. The van der Waals surface area contributed by atoms with Crippen molar-refractivity contribution in [2.24, 2.45) is 0 Å². The Labute approximate surface area is 107 Å². The number of hydrogen-bond donors (Lipinski definition) is 1. The fourth-order valence-corrected chi connectivity index (χ4v) is 2.87. The molecule has 92 valence electrons. The van der Waals surface area contributed by atoms with Crippen molar-refractivity contribution in [1.82, 2.24) is 9.88 Å². The summed E-state index contributed by atoms with van der Waals surface area (Å²) in [7, 11) is 0. The summed E-state index contributed by atoms with van der Waals surface area (Å²) >= 11 is 1.87. The number of nitrogens with one attached hydrogen (secondary N) is 1. The Hall–Kier alpha value is -1.06. The molecule has 0 aromatic carbocycles. The number of nitrogens with zero attached hydrogens (tertiary/aromatic N) is 1. The van der Waals surface area contributed by atoms with Gasteiger partial charge in [0.15, 0.2) is 0 Å². The molecule has 2 heterocycles. The molecule has 0 bridgehead atoms. The van der Waals surface area contributed by atoms with Crippen molar-refractivity contribution in [3.05, 3.63) is 45.9 Å². The first-order valence-corrected chi connectivity index (χ1v) is 6.96. The summed E-state index contributed by atoms with van der Waals surface area (Å²) in [5.74, 6) is 0. The lowest BCUT2D eigenvalue weighted by molar-refractivity contribution is 0.556. The molecule has 0 aliphatic carbocycles. The third-order valence-electron chi connectivity index (χ3n) is 3.04. The first kappa shape index (κ1) is 12.4. The normalized spacial score (nSPS) is 12.9. The van der Waals surface area contributed by atoms with Crippen LogP contribution in [-0.4, -0.2) is 4.57 Å². The number of aromatic nitrogens is 1. The zero-order valence-corrected chi connectivity index (χ0v) is 11.6. The average molecular weight is 248 g/mol. The summed E-state index contributed by atoms with van der Waals surface area (Å²) in [5.41, 5.74) is 1.35. The molecule has 0 aliphatic heterocycles. The molecule has 1 atom stereocenters. The van der Waals surface area contributed by atoms with E-state index in [0.717, 1.165) is 13.1 Å². The third-order valence-corrected chi connectivity index (χ3v) is 4.22. The molecule has 2 aromatic rings. The van der Waals surface area contributed by atoms with Crippen molar-refractivity contribution in [3.63, 3.8) is 0 Å². The van der Waals surface area contributed by atoms with E-state index in [0.29, 0.717) is 6.04 Å². The molecule has 2 rings (SSSR count). The standard InChI is InChI=1S/C14H20N2S/c1-4-16-9-5-6-13(16)10-15-12(3)14-8-7-11(2)17-14/h5-9,12,15H,4,10H2,1-3H3. The monoisotopic (exact) mass is 248 g/mol. The minimum atomic E-state index is 0.425. The van der Waals surface area contributed by atoms with Crippen molar-refractivity contribution in [3.8, 4) is 0 Å². The fraction of sp³-hybridized carbons (Fsp3) is 0.429. The molecular weight excluding hydrogens is 228 g/mol. The van der Waals surface area contributed by atoms with Gasteiger partial charge in [-0.1, -0.05) is 0 Å². The molecule has 1 N–H and O–H groups in total. The van der Waals surface area contributed by atoms with Crippen LogP contribution in [0.15, 0.2) is 30.5 Å². The van der Waals surface area contributed by atoms with Crippen LogP contribution in [0.25, 0.3) is 0 Å². The predicted molar refractivity (Wildman–Crippen MR) is 74.4 cm³/mol. The van der Waals surface area contributed by atoms with Gasteiger partial charge in [-0.2, -0.15) is 0 Å². The van der Waals surface area contributed by atoms with Gasteiger partial charge in [-0.15, -0.1) is 11.3 Å². The minimum absolute atomic E-state index is 0.425. The quantitative estimate of drug-likeness (QED) is 0.853. The van der Waals surface area contributed by atoms with E-state index in [2.05, 4.69) is 61.1 Å². The summed E-state index contributed by atoms with van der Waals surface area (Å²) in [6.45, 7) is 8.53. The van der Waals surface area contributed by atoms with E-state index in [4.69, 9.17) is 0 Å². The molecule has 0 amide bonds. The summed E-state index contributed by atoms with van der Waals surface area (Å²) in [6, 6.07) is 9.13. The highest BCUT2D eigenvalue weighted by atomic mass is 32.1. The molecule has 0 spiro atoms. The van der Waals surface area contributed by atoms with Crippen LogP contribution >= 0.6 is 11.3 Å². The zero-order valence-electron chi connectivity index (χ0n) is 10.7. The molecule has 0 saturated heterocycles. The Morgan fingerprint density at radius 3 is 2.82 bits per heavy atom. The van der Waals surface area contributed by atoms with Gasteiger partial charge in [0, 0.05) is 40.8 Å². The van der Waals surface area contributed by atoms with Gasteiger partial charge in [-0.25, -0.2) is 0 Å². The van der Waals surface area contributed by atoms with E-state index in [-0.39, 0.29) is 0 Å². The summed E-state index contributed by atoms with van der Waals surface area (Å²) in [4.78, 5) is 2.79. The molecule has 3 heteroatoms. The van der Waals surface area contributed by atoms with E-state index >= 15 is 0 Å². The lowest BCUT2D eigenvalue weighted by atomic mass is 10.2. The second-order valence-electron chi connectivity index (χ2n) is 4.34. The topological polar surface area (TPSA) is 17.0 Å². The number of hydrogen-bond acceptors (Lipinski definition) is 2. The number of aryl methyl sites for hydroxylation is 2. The second-order valence-corrected chi connectivity index (χ2v) is 5.66. The van der Waals surface area contributed by atoms with Crippen LogP contribution in [-0.2, 0) is 13.1 Å². The van der Waals surface area contributed by atoms with Crippen LogP contribution in [0, 0.1) is 6.92 Å². The van der Waals surface area contributed by atoms with Crippen molar-refractivity contribution >= 4 is 11.3 Å². The Balaban J connectivity index is 1.94.